The Morgan fingerprint density at radius 3 is 2.85 bits per heavy atom. The van der Waals surface area contributed by atoms with Gasteiger partial charge in [-0.05, 0) is 25.1 Å². The summed E-state index contributed by atoms with van der Waals surface area (Å²) in [5.74, 6) is 0. The number of nitrogens with one attached hydrogen (secondary N) is 2. The van der Waals surface area contributed by atoms with Gasteiger partial charge in [-0.1, -0.05) is 12.1 Å². The molecule has 8 heteroatoms. The van der Waals surface area contributed by atoms with E-state index < -0.39 is 10.0 Å². The lowest BCUT2D eigenvalue weighted by atomic mass is 10.3. The number of nitrogens with zero attached hydrogens (tertiary/aromatic N) is 1. The van der Waals surface area contributed by atoms with E-state index >= 15 is 0 Å². The van der Waals surface area contributed by atoms with E-state index in [9.17, 15) is 8.42 Å². The molecule has 6 nitrogen and oxygen atoms in total. The summed E-state index contributed by atoms with van der Waals surface area (Å²) in [5.41, 5.74) is 1.53. The molecule has 0 aliphatic heterocycles. The van der Waals surface area contributed by atoms with Gasteiger partial charge >= 0.3 is 0 Å². The van der Waals surface area contributed by atoms with E-state index in [-0.39, 0.29) is 6.54 Å². The molecule has 110 valence electrons. The normalized spacial score (nSPS) is 11.9. The van der Waals surface area contributed by atoms with Gasteiger partial charge in [-0.3, -0.25) is 0 Å². The van der Waals surface area contributed by atoms with Gasteiger partial charge in [0.25, 0.3) is 0 Å². The van der Waals surface area contributed by atoms with Gasteiger partial charge in [0.05, 0.1) is 12.2 Å². The van der Waals surface area contributed by atoms with Gasteiger partial charge in [-0.25, -0.2) is 13.1 Å². The zero-order chi connectivity index (χ0) is 14.6. The Labute approximate surface area is 122 Å². The van der Waals surface area contributed by atoms with Crippen LogP contribution in [0.4, 0.5) is 0 Å². The molecule has 2 rings (SSSR count). The van der Waals surface area contributed by atoms with Crippen LogP contribution in [-0.2, 0) is 23.1 Å². The molecular formula is C12H17N3O3S2. The number of aryl methyl sites for hydroxylation is 1. The zero-order valence-electron chi connectivity index (χ0n) is 11.3. The first-order valence-electron chi connectivity index (χ1n) is 6.22. The number of rotatable bonds is 7. The average Bonchev–Trinajstić information content (AvgIpc) is 3.04. The van der Waals surface area contributed by atoms with Crippen LogP contribution in [0, 0.1) is 6.92 Å². The first-order valence-corrected chi connectivity index (χ1v) is 8.52. The smallest absolute Gasteiger partial charge is 0.250 e. The van der Waals surface area contributed by atoms with Crippen molar-refractivity contribution in [2.75, 3.05) is 6.54 Å². The van der Waals surface area contributed by atoms with Gasteiger partial charge in [0.2, 0.25) is 10.0 Å². The van der Waals surface area contributed by atoms with Crippen molar-refractivity contribution < 1.29 is 12.9 Å². The van der Waals surface area contributed by atoms with Crippen LogP contribution in [0.15, 0.2) is 27.1 Å². The molecule has 0 saturated heterocycles. The Morgan fingerprint density at radius 1 is 1.40 bits per heavy atom. The average molecular weight is 315 g/mol. The van der Waals surface area contributed by atoms with Crippen molar-refractivity contribution in [2.45, 2.75) is 31.1 Å². The van der Waals surface area contributed by atoms with Gasteiger partial charge in [-0.2, -0.15) is 0 Å². The van der Waals surface area contributed by atoms with Crippen LogP contribution >= 0.6 is 11.3 Å². The third-order valence-electron chi connectivity index (χ3n) is 2.73. The van der Waals surface area contributed by atoms with Crippen LogP contribution in [0.3, 0.4) is 0 Å². The second-order valence-electron chi connectivity index (χ2n) is 4.27. The molecule has 2 aromatic heterocycles. The van der Waals surface area contributed by atoms with Crippen molar-refractivity contribution in [3.05, 3.63) is 34.5 Å². The molecule has 2 aromatic rings. The minimum atomic E-state index is -3.50. The van der Waals surface area contributed by atoms with Gasteiger partial charge in [0, 0.05) is 17.5 Å². The molecule has 0 atom stereocenters. The first-order chi connectivity index (χ1) is 9.53. The van der Waals surface area contributed by atoms with Gasteiger partial charge < -0.3 is 9.84 Å². The van der Waals surface area contributed by atoms with E-state index in [1.807, 2.05) is 13.8 Å². The van der Waals surface area contributed by atoms with Crippen molar-refractivity contribution in [3.63, 3.8) is 0 Å². The minimum Gasteiger partial charge on any atom is -0.364 e. The molecule has 0 aliphatic rings. The standard InChI is InChI=1S/C12H17N3O3S2/c1-3-13-8-11-9(2)6-12(19-11)20(16,17)14-7-10-4-5-18-15-10/h4-6,13-14H,3,7-8H2,1-2H3. The summed E-state index contributed by atoms with van der Waals surface area (Å²) in [5, 5.41) is 6.87. The van der Waals surface area contributed by atoms with E-state index in [1.165, 1.54) is 17.6 Å². The third-order valence-corrected chi connectivity index (χ3v) is 5.84. The molecule has 0 bridgehead atoms. The monoisotopic (exact) mass is 315 g/mol. The third kappa shape index (κ3) is 3.66. The summed E-state index contributed by atoms with van der Waals surface area (Å²) in [6.07, 6.45) is 1.41. The topological polar surface area (TPSA) is 84.2 Å². The molecule has 2 N–H and O–H groups in total. The number of hydrogen-bond donors (Lipinski definition) is 2. The highest BCUT2D eigenvalue weighted by Gasteiger charge is 2.18. The van der Waals surface area contributed by atoms with Gasteiger partial charge in [-0.15, -0.1) is 11.3 Å². The maximum absolute atomic E-state index is 12.2. The fourth-order valence-electron chi connectivity index (χ4n) is 1.60. The molecule has 0 saturated carbocycles. The van der Waals surface area contributed by atoms with E-state index in [1.54, 1.807) is 12.1 Å². The van der Waals surface area contributed by atoms with Gasteiger partial charge in [0.1, 0.15) is 10.5 Å². The summed E-state index contributed by atoms with van der Waals surface area (Å²) in [6, 6.07) is 3.32. The number of thiophene rings is 1. The predicted molar refractivity (Wildman–Crippen MR) is 77.0 cm³/mol. The van der Waals surface area contributed by atoms with Crippen LogP contribution in [-0.4, -0.2) is 20.1 Å². The molecule has 0 amide bonds. The Bertz CT molecular complexity index is 648. The maximum Gasteiger partial charge on any atom is 0.250 e. The number of sulfonamides is 1. The Kier molecular flexibility index (Phi) is 4.92. The number of aromatic nitrogens is 1. The van der Waals surface area contributed by atoms with Crippen LogP contribution in [0.2, 0.25) is 0 Å². The Hall–Kier alpha value is -1.22. The predicted octanol–water partition coefficient (Wildman–Crippen LogP) is 1.63. The summed E-state index contributed by atoms with van der Waals surface area (Å²) in [7, 11) is -3.50. The summed E-state index contributed by atoms with van der Waals surface area (Å²) in [4.78, 5) is 1.04. The lowest BCUT2D eigenvalue weighted by Gasteiger charge is -2.02. The fraction of sp³-hybridized carbons (Fsp3) is 0.417. The molecule has 0 spiro atoms. The molecule has 0 unspecified atom stereocenters. The van der Waals surface area contributed by atoms with Crippen LogP contribution in [0.1, 0.15) is 23.1 Å². The lowest BCUT2D eigenvalue weighted by Crippen LogP contribution is -2.22. The first kappa shape index (κ1) is 15.2. The van der Waals surface area contributed by atoms with Crippen molar-refractivity contribution in [3.8, 4) is 0 Å². The van der Waals surface area contributed by atoms with E-state index in [4.69, 9.17) is 0 Å². The summed E-state index contributed by atoms with van der Waals surface area (Å²) >= 11 is 1.29. The van der Waals surface area contributed by atoms with E-state index in [2.05, 4.69) is 19.7 Å². The Balaban J connectivity index is 2.09. The largest absolute Gasteiger partial charge is 0.364 e. The highest BCUT2D eigenvalue weighted by Crippen LogP contribution is 2.25. The lowest BCUT2D eigenvalue weighted by molar-refractivity contribution is 0.411. The van der Waals surface area contributed by atoms with Crippen molar-refractivity contribution in [2.24, 2.45) is 0 Å². The maximum atomic E-state index is 12.2. The molecular weight excluding hydrogens is 298 g/mol. The molecule has 0 aliphatic carbocycles. The van der Waals surface area contributed by atoms with E-state index in [0.29, 0.717) is 16.4 Å². The fourth-order valence-corrected chi connectivity index (χ4v) is 4.21. The molecule has 20 heavy (non-hydrogen) atoms. The molecule has 2 heterocycles. The van der Waals surface area contributed by atoms with Crippen molar-refractivity contribution in [1.29, 1.82) is 0 Å². The Morgan fingerprint density at radius 2 is 2.20 bits per heavy atom. The zero-order valence-corrected chi connectivity index (χ0v) is 13.0. The quantitative estimate of drug-likeness (QED) is 0.811. The van der Waals surface area contributed by atoms with Crippen LogP contribution in [0.5, 0.6) is 0 Å². The molecule has 0 radical (unpaired) electrons. The highest BCUT2D eigenvalue weighted by atomic mass is 32.2. The molecule has 0 fully saturated rings. The second kappa shape index (κ2) is 6.49. The summed E-state index contributed by atoms with van der Waals surface area (Å²) in [6.45, 7) is 5.59. The minimum absolute atomic E-state index is 0.123. The van der Waals surface area contributed by atoms with Crippen molar-refractivity contribution in [1.82, 2.24) is 15.2 Å². The van der Waals surface area contributed by atoms with Crippen molar-refractivity contribution >= 4 is 21.4 Å². The second-order valence-corrected chi connectivity index (χ2v) is 7.40. The SMILES string of the molecule is CCNCc1sc(S(=O)(=O)NCc2ccon2)cc1C. The van der Waals surface area contributed by atoms with Crippen LogP contribution in [0.25, 0.3) is 0 Å². The van der Waals surface area contributed by atoms with Gasteiger partial charge in [0.15, 0.2) is 0 Å². The van der Waals surface area contributed by atoms with E-state index in [0.717, 1.165) is 17.0 Å². The number of hydrogen-bond acceptors (Lipinski definition) is 6. The van der Waals surface area contributed by atoms with Crippen LogP contribution < -0.4 is 10.0 Å². The molecule has 0 aromatic carbocycles. The summed E-state index contributed by atoms with van der Waals surface area (Å²) < 4.78 is 31.9. The highest BCUT2D eigenvalue weighted by molar-refractivity contribution is 7.91.